The summed E-state index contributed by atoms with van der Waals surface area (Å²) in [5.41, 5.74) is 1.22. The number of nitrogens with one attached hydrogen (secondary N) is 1. The van der Waals surface area contributed by atoms with E-state index in [4.69, 9.17) is 16.3 Å². The fourth-order valence-corrected chi connectivity index (χ4v) is 6.08. The maximum atomic E-state index is 14.2. The molecular weight excluding hydrogens is 574 g/mol. The topological polar surface area (TPSA) is 96.0 Å². The van der Waals surface area contributed by atoms with Gasteiger partial charge in [0.05, 0.1) is 17.2 Å². The molecule has 42 heavy (non-hydrogen) atoms. The van der Waals surface area contributed by atoms with E-state index in [1.807, 2.05) is 51.1 Å². The van der Waals surface area contributed by atoms with Crippen molar-refractivity contribution in [2.75, 3.05) is 24.0 Å². The van der Waals surface area contributed by atoms with Crippen LogP contribution in [0.4, 0.5) is 5.69 Å². The largest absolute Gasteiger partial charge is 0.492 e. The Morgan fingerprint density at radius 3 is 2.17 bits per heavy atom. The molecule has 0 spiro atoms. The summed E-state index contributed by atoms with van der Waals surface area (Å²) in [6.07, 6.45) is 1.60. The van der Waals surface area contributed by atoms with E-state index < -0.39 is 28.5 Å². The normalized spacial score (nSPS) is 12.7. The van der Waals surface area contributed by atoms with Crippen LogP contribution >= 0.6 is 11.6 Å². The lowest BCUT2D eigenvalue weighted by Gasteiger charge is -2.34. The Hall–Kier alpha value is -3.56. The third kappa shape index (κ3) is 8.49. The number of carbonyl (C=O) groups excluding carboxylic acids is 2. The summed E-state index contributed by atoms with van der Waals surface area (Å²) in [7, 11) is -4.24. The van der Waals surface area contributed by atoms with Crippen molar-refractivity contribution >= 4 is 39.1 Å². The average Bonchev–Trinajstić information content (AvgIpc) is 2.99. The van der Waals surface area contributed by atoms with Crippen LogP contribution in [0.15, 0.2) is 83.8 Å². The van der Waals surface area contributed by atoms with E-state index in [9.17, 15) is 18.0 Å². The molecule has 0 aliphatic heterocycles. The molecule has 0 aliphatic rings. The van der Waals surface area contributed by atoms with Crippen molar-refractivity contribution in [3.63, 3.8) is 0 Å². The Morgan fingerprint density at radius 2 is 1.55 bits per heavy atom. The number of carbonyl (C=O) groups is 2. The van der Waals surface area contributed by atoms with Crippen LogP contribution in [0.25, 0.3) is 0 Å². The van der Waals surface area contributed by atoms with Gasteiger partial charge in [-0.3, -0.25) is 13.9 Å². The van der Waals surface area contributed by atoms with E-state index in [1.165, 1.54) is 29.2 Å². The van der Waals surface area contributed by atoms with Gasteiger partial charge in [-0.15, -0.1) is 0 Å². The van der Waals surface area contributed by atoms with Gasteiger partial charge >= 0.3 is 0 Å². The predicted molar refractivity (Wildman–Crippen MR) is 167 cm³/mol. The van der Waals surface area contributed by atoms with Gasteiger partial charge in [-0.25, -0.2) is 8.42 Å². The summed E-state index contributed by atoms with van der Waals surface area (Å²) >= 11 is 6.04. The fraction of sp³-hybridized carbons (Fsp3) is 0.375. The number of hydrogen-bond donors (Lipinski definition) is 1. The van der Waals surface area contributed by atoms with E-state index in [-0.39, 0.29) is 29.1 Å². The standard InChI is InChI=1S/C32H40ClN3O5S/c1-5-24(4)34-32(38)28(6-2)35(22-21-25-13-9-8-10-14-25)31(37)23-36(29-15-11-12-16-30(29)41-7-3)42(39,40)27-19-17-26(33)18-20-27/h8-20,24,28H,5-7,21-23H2,1-4H3,(H,34,38)/t24-,28+/m0/s1. The SMILES string of the molecule is CCOc1ccccc1N(CC(=O)N(CCc1ccccc1)[C@H](CC)C(=O)N[C@@H](C)CC)S(=O)(=O)c1ccc(Cl)cc1. The molecule has 0 saturated heterocycles. The first kappa shape index (κ1) is 32.9. The second-order valence-electron chi connectivity index (χ2n) is 9.93. The van der Waals surface area contributed by atoms with Crippen molar-refractivity contribution in [1.82, 2.24) is 10.2 Å². The molecule has 2 atom stereocenters. The Labute approximate surface area is 254 Å². The fourth-order valence-electron chi connectivity index (χ4n) is 4.52. The molecule has 8 nitrogen and oxygen atoms in total. The zero-order chi connectivity index (χ0) is 30.7. The summed E-state index contributed by atoms with van der Waals surface area (Å²) < 4.78 is 35.0. The van der Waals surface area contributed by atoms with E-state index in [1.54, 1.807) is 31.2 Å². The van der Waals surface area contributed by atoms with Crippen LogP contribution in [0.3, 0.4) is 0 Å². The number of halogens is 1. The van der Waals surface area contributed by atoms with Gasteiger partial charge < -0.3 is 15.0 Å². The van der Waals surface area contributed by atoms with Crippen molar-refractivity contribution in [2.45, 2.75) is 63.9 Å². The summed E-state index contributed by atoms with van der Waals surface area (Å²) in [5.74, 6) is -0.446. The predicted octanol–water partition coefficient (Wildman–Crippen LogP) is 5.70. The zero-order valence-electron chi connectivity index (χ0n) is 24.6. The summed E-state index contributed by atoms with van der Waals surface area (Å²) in [6, 6.07) is 21.3. The number of sulfonamides is 1. The molecule has 0 aromatic heterocycles. The third-order valence-electron chi connectivity index (χ3n) is 6.99. The molecule has 0 unspecified atom stereocenters. The summed E-state index contributed by atoms with van der Waals surface area (Å²) in [4.78, 5) is 29.0. The van der Waals surface area contributed by atoms with Crippen molar-refractivity contribution in [2.24, 2.45) is 0 Å². The van der Waals surface area contributed by atoms with Crippen molar-refractivity contribution in [1.29, 1.82) is 0 Å². The van der Waals surface area contributed by atoms with Crippen LogP contribution in [-0.2, 0) is 26.0 Å². The van der Waals surface area contributed by atoms with Gasteiger partial charge in [0.1, 0.15) is 18.3 Å². The van der Waals surface area contributed by atoms with Gasteiger partial charge in [0, 0.05) is 17.6 Å². The quantitative estimate of drug-likeness (QED) is 0.237. The minimum atomic E-state index is -4.24. The molecule has 0 heterocycles. The van der Waals surface area contributed by atoms with E-state index in [0.717, 1.165) is 16.3 Å². The Bertz CT molecular complexity index is 1420. The highest BCUT2D eigenvalue weighted by Gasteiger charge is 2.34. The number of anilines is 1. The summed E-state index contributed by atoms with van der Waals surface area (Å²) in [5, 5.41) is 3.37. The van der Waals surface area contributed by atoms with Crippen LogP contribution in [0.2, 0.25) is 5.02 Å². The Morgan fingerprint density at radius 1 is 0.905 bits per heavy atom. The highest BCUT2D eigenvalue weighted by molar-refractivity contribution is 7.92. The molecular formula is C32H40ClN3O5S. The third-order valence-corrected chi connectivity index (χ3v) is 9.01. The molecule has 1 N–H and O–H groups in total. The maximum absolute atomic E-state index is 14.2. The molecule has 10 heteroatoms. The number of ether oxygens (including phenoxy) is 1. The van der Waals surface area contributed by atoms with Crippen LogP contribution in [0.1, 0.15) is 46.1 Å². The molecule has 3 aromatic carbocycles. The van der Waals surface area contributed by atoms with Gasteiger partial charge in [-0.05, 0) is 75.1 Å². The first-order valence-electron chi connectivity index (χ1n) is 14.3. The first-order valence-corrected chi connectivity index (χ1v) is 16.1. The van der Waals surface area contributed by atoms with E-state index >= 15 is 0 Å². The molecule has 3 rings (SSSR count). The number of benzene rings is 3. The highest BCUT2D eigenvalue weighted by Crippen LogP contribution is 2.33. The number of amides is 2. The molecule has 3 aromatic rings. The molecule has 0 radical (unpaired) electrons. The maximum Gasteiger partial charge on any atom is 0.264 e. The van der Waals surface area contributed by atoms with Crippen LogP contribution in [0, 0.1) is 0 Å². The smallest absolute Gasteiger partial charge is 0.264 e. The van der Waals surface area contributed by atoms with Gasteiger partial charge in [0.15, 0.2) is 0 Å². The van der Waals surface area contributed by atoms with E-state index in [0.29, 0.717) is 30.2 Å². The molecule has 0 saturated carbocycles. The highest BCUT2D eigenvalue weighted by atomic mass is 35.5. The molecule has 0 bridgehead atoms. The molecule has 2 amide bonds. The first-order chi connectivity index (χ1) is 20.1. The minimum absolute atomic E-state index is 0.0246. The zero-order valence-corrected chi connectivity index (χ0v) is 26.2. The number of nitrogens with zero attached hydrogens (tertiary/aromatic N) is 2. The average molecular weight is 614 g/mol. The second-order valence-corrected chi connectivity index (χ2v) is 12.2. The lowest BCUT2D eigenvalue weighted by Crippen LogP contribution is -2.54. The minimum Gasteiger partial charge on any atom is -0.492 e. The monoisotopic (exact) mass is 613 g/mol. The number of hydrogen-bond acceptors (Lipinski definition) is 5. The molecule has 226 valence electrons. The van der Waals surface area contributed by atoms with Crippen LogP contribution in [-0.4, -0.2) is 56.9 Å². The summed E-state index contributed by atoms with van der Waals surface area (Å²) in [6.45, 7) is 7.53. The van der Waals surface area contributed by atoms with Crippen LogP contribution < -0.4 is 14.4 Å². The number of para-hydroxylation sites is 2. The Balaban J connectivity index is 2.06. The van der Waals surface area contributed by atoms with E-state index in [2.05, 4.69) is 5.32 Å². The van der Waals surface area contributed by atoms with Gasteiger partial charge in [0.2, 0.25) is 11.8 Å². The molecule has 0 fully saturated rings. The van der Waals surface area contributed by atoms with Gasteiger partial charge in [-0.1, -0.05) is 67.9 Å². The lowest BCUT2D eigenvalue weighted by atomic mass is 10.1. The van der Waals surface area contributed by atoms with Gasteiger partial charge in [0.25, 0.3) is 10.0 Å². The van der Waals surface area contributed by atoms with Gasteiger partial charge in [-0.2, -0.15) is 0 Å². The second kappa shape index (κ2) is 15.6. The number of rotatable bonds is 15. The molecule has 0 aliphatic carbocycles. The lowest BCUT2D eigenvalue weighted by molar-refractivity contribution is -0.139. The van der Waals surface area contributed by atoms with Crippen molar-refractivity contribution in [3.8, 4) is 5.75 Å². The van der Waals surface area contributed by atoms with Crippen LogP contribution in [0.5, 0.6) is 5.75 Å². The van der Waals surface area contributed by atoms with Crippen molar-refractivity contribution in [3.05, 3.63) is 89.4 Å². The Kier molecular flexibility index (Phi) is 12.2. The van der Waals surface area contributed by atoms with Crippen molar-refractivity contribution < 1.29 is 22.7 Å².